The zero-order chi connectivity index (χ0) is 17.8. The highest BCUT2D eigenvalue weighted by Crippen LogP contribution is 2.15. The second kappa shape index (κ2) is 7.44. The Morgan fingerprint density at radius 2 is 1.58 bits per heavy atom. The van der Waals surface area contributed by atoms with Crippen LogP contribution in [-0.2, 0) is 19.6 Å². The number of H-pyrrole nitrogens is 1. The second-order valence-electron chi connectivity index (χ2n) is 6.58. The molecule has 0 radical (unpaired) electrons. The summed E-state index contributed by atoms with van der Waals surface area (Å²) in [6.45, 7) is 3.52. The van der Waals surface area contributed by atoms with E-state index in [0.29, 0.717) is 6.61 Å². The molecule has 4 rings (SSSR count). The number of hydrogen-bond donors (Lipinski definition) is 1. The van der Waals surface area contributed by atoms with Crippen molar-refractivity contribution < 1.29 is 9.30 Å². The lowest BCUT2D eigenvalue weighted by atomic mass is 10.1. The molecule has 0 unspecified atom stereocenters. The van der Waals surface area contributed by atoms with Gasteiger partial charge in [-0.05, 0) is 36.8 Å². The second-order valence-corrected chi connectivity index (χ2v) is 6.58. The van der Waals surface area contributed by atoms with E-state index < -0.39 is 0 Å². The van der Waals surface area contributed by atoms with Gasteiger partial charge in [0.25, 0.3) is 5.82 Å². The van der Waals surface area contributed by atoms with Crippen molar-refractivity contribution in [3.05, 3.63) is 95.8 Å². The summed E-state index contributed by atoms with van der Waals surface area (Å²) in [6, 6.07) is 27.2. The van der Waals surface area contributed by atoms with Gasteiger partial charge < -0.3 is 4.74 Å². The molecular weight excluding hydrogens is 320 g/mol. The highest BCUT2D eigenvalue weighted by Gasteiger charge is 2.18. The van der Waals surface area contributed by atoms with Crippen LogP contribution in [0.3, 0.4) is 0 Å². The first-order valence-electron chi connectivity index (χ1n) is 9.02. The number of aryl methyl sites for hydroxylation is 3. The number of aromatic amines is 1. The van der Waals surface area contributed by atoms with Crippen LogP contribution in [0.5, 0.6) is 5.75 Å². The first-order valence-corrected chi connectivity index (χ1v) is 9.02. The van der Waals surface area contributed by atoms with Gasteiger partial charge in [0, 0.05) is 6.42 Å². The van der Waals surface area contributed by atoms with Gasteiger partial charge in [0.1, 0.15) is 5.75 Å². The molecule has 0 saturated heterocycles. The molecule has 3 heteroatoms. The van der Waals surface area contributed by atoms with E-state index in [9.17, 15) is 0 Å². The van der Waals surface area contributed by atoms with Gasteiger partial charge in [0.05, 0.1) is 6.54 Å². The Kier molecular flexibility index (Phi) is 4.69. The van der Waals surface area contributed by atoms with E-state index in [1.807, 2.05) is 12.1 Å². The molecule has 0 aliphatic rings. The van der Waals surface area contributed by atoms with Gasteiger partial charge >= 0.3 is 0 Å². The van der Waals surface area contributed by atoms with Gasteiger partial charge in [-0.2, -0.15) is 0 Å². The zero-order valence-corrected chi connectivity index (χ0v) is 15.0. The first-order chi connectivity index (χ1) is 12.8. The lowest BCUT2D eigenvalue weighted by Gasteiger charge is -2.06. The fourth-order valence-corrected chi connectivity index (χ4v) is 3.22. The molecule has 1 N–H and O–H groups in total. The molecule has 3 nitrogen and oxygen atoms in total. The topological polar surface area (TPSA) is 28.9 Å². The zero-order valence-electron chi connectivity index (χ0n) is 15.0. The molecule has 4 aromatic rings. The molecule has 0 aliphatic heterocycles. The average Bonchev–Trinajstić information content (AvgIpc) is 3.04. The van der Waals surface area contributed by atoms with Crippen LogP contribution in [-0.4, -0.2) is 4.98 Å². The molecule has 0 saturated carbocycles. The normalized spacial score (nSPS) is 11.0. The Morgan fingerprint density at radius 1 is 0.846 bits per heavy atom. The van der Waals surface area contributed by atoms with Crippen molar-refractivity contribution in [2.45, 2.75) is 26.5 Å². The standard InChI is InChI=1S/C23H22N2O/c1-18-11-13-20(14-12-18)26-17-23-24-21-9-5-6-10-22(21)25(23)16-15-19-7-3-2-4-8-19/h2-14H,15-17H2,1H3/p+1. The van der Waals surface area contributed by atoms with Gasteiger partial charge in [-0.15, -0.1) is 0 Å². The van der Waals surface area contributed by atoms with Crippen LogP contribution < -0.4 is 9.30 Å². The summed E-state index contributed by atoms with van der Waals surface area (Å²) in [7, 11) is 0. The van der Waals surface area contributed by atoms with Crippen LogP contribution in [0.4, 0.5) is 0 Å². The maximum Gasteiger partial charge on any atom is 0.293 e. The monoisotopic (exact) mass is 343 g/mol. The van der Waals surface area contributed by atoms with Crippen LogP contribution in [0.2, 0.25) is 0 Å². The predicted octanol–water partition coefficient (Wildman–Crippen LogP) is 4.59. The van der Waals surface area contributed by atoms with Crippen LogP contribution >= 0.6 is 0 Å². The van der Waals surface area contributed by atoms with Crippen molar-refractivity contribution in [3.8, 4) is 5.75 Å². The van der Waals surface area contributed by atoms with Crippen LogP contribution in [0.1, 0.15) is 17.0 Å². The molecule has 1 aromatic heterocycles. The Bertz CT molecular complexity index is 988. The molecule has 0 aliphatic carbocycles. The SMILES string of the molecule is Cc1ccc(OCc2[nH]c3ccccc3[n+]2CCc2ccccc2)cc1. The Hall–Kier alpha value is -3.07. The van der Waals surface area contributed by atoms with E-state index in [2.05, 4.69) is 83.2 Å². The Balaban J connectivity index is 1.57. The van der Waals surface area contributed by atoms with Crippen LogP contribution in [0, 0.1) is 6.92 Å². The molecule has 0 spiro atoms. The fraction of sp³-hybridized carbons (Fsp3) is 0.174. The average molecular weight is 343 g/mol. The summed E-state index contributed by atoms with van der Waals surface area (Å²) in [5.41, 5.74) is 4.94. The number of hydrogen-bond acceptors (Lipinski definition) is 1. The number of aromatic nitrogens is 2. The maximum atomic E-state index is 6.02. The minimum absolute atomic E-state index is 0.520. The maximum absolute atomic E-state index is 6.02. The summed E-state index contributed by atoms with van der Waals surface area (Å²) in [4.78, 5) is 3.52. The van der Waals surface area contributed by atoms with E-state index >= 15 is 0 Å². The molecule has 1 heterocycles. The van der Waals surface area contributed by atoms with Gasteiger partial charge in [0.2, 0.25) is 0 Å². The third kappa shape index (κ3) is 3.62. The smallest absolute Gasteiger partial charge is 0.293 e. The van der Waals surface area contributed by atoms with Gasteiger partial charge in [0.15, 0.2) is 17.6 Å². The van der Waals surface area contributed by atoms with Gasteiger partial charge in [-0.1, -0.05) is 60.2 Å². The number of nitrogens with zero attached hydrogens (tertiary/aromatic N) is 1. The van der Waals surface area contributed by atoms with E-state index in [0.717, 1.165) is 30.1 Å². The summed E-state index contributed by atoms with van der Waals surface area (Å²) in [5, 5.41) is 0. The fourth-order valence-electron chi connectivity index (χ4n) is 3.22. The molecule has 0 fully saturated rings. The molecule has 0 bridgehead atoms. The van der Waals surface area contributed by atoms with Gasteiger partial charge in [-0.25, -0.2) is 9.55 Å². The number of rotatable bonds is 6. The molecule has 130 valence electrons. The minimum atomic E-state index is 0.520. The van der Waals surface area contributed by atoms with Crippen molar-refractivity contribution in [3.63, 3.8) is 0 Å². The first kappa shape index (κ1) is 16.4. The highest BCUT2D eigenvalue weighted by atomic mass is 16.5. The lowest BCUT2D eigenvalue weighted by molar-refractivity contribution is -0.679. The third-order valence-corrected chi connectivity index (χ3v) is 4.66. The van der Waals surface area contributed by atoms with E-state index in [-0.39, 0.29) is 0 Å². The van der Waals surface area contributed by atoms with Crippen molar-refractivity contribution >= 4 is 11.0 Å². The third-order valence-electron chi connectivity index (χ3n) is 4.66. The largest absolute Gasteiger partial charge is 0.481 e. The molecule has 0 amide bonds. The highest BCUT2D eigenvalue weighted by molar-refractivity contribution is 5.71. The lowest BCUT2D eigenvalue weighted by Crippen LogP contribution is -2.38. The van der Waals surface area contributed by atoms with E-state index in [1.165, 1.54) is 16.6 Å². The molecule has 0 atom stereocenters. The molecular formula is C23H23N2O+. The summed E-state index contributed by atoms with van der Waals surface area (Å²) in [5.74, 6) is 1.98. The van der Waals surface area contributed by atoms with Gasteiger partial charge in [-0.3, -0.25) is 0 Å². The van der Waals surface area contributed by atoms with Crippen molar-refractivity contribution in [2.75, 3.05) is 0 Å². The summed E-state index contributed by atoms with van der Waals surface area (Å²) in [6.07, 6.45) is 0.991. The number of benzene rings is 3. The Labute approximate surface area is 153 Å². The number of para-hydroxylation sites is 2. The van der Waals surface area contributed by atoms with Crippen molar-refractivity contribution in [1.82, 2.24) is 4.98 Å². The number of fused-ring (bicyclic) bond motifs is 1. The summed E-state index contributed by atoms with van der Waals surface area (Å²) >= 11 is 0. The van der Waals surface area contributed by atoms with Crippen molar-refractivity contribution in [2.24, 2.45) is 0 Å². The minimum Gasteiger partial charge on any atom is -0.481 e. The Morgan fingerprint density at radius 3 is 2.38 bits per heavy atom. The van der Waals surface area contributed by atoms with Crippen LogP contribution in [0.25, 0.3) is 11.0 Å². The number of nitrogens with one attached hydrogen (secondary N) is 1. The predicted molar refractivity (Wildman–Crippen MR) is 104 cm³/mol. The molecule has 3 aromatic carbocycles. The van der Waals surface area contributed by atoms with Crippen molar-refractivity contribution in [1.29, 1.82) is 0 Å². The molecule has 26 heavy (non-hydrogen) atoms. The summed E-state index contributed by atoms with van der Waals surface area (Å²) < 4.78 is 8.35. The van der Waals surface area contributed by atoms with E-state index in [1.54, 1.807) is 0 Å². The number of ether oxygens (including phenoxy) is 1. The van der Waals surface area contributed by atoms with E-state index in [4.69, 9.17) is 4.74 Å². The number of imidazole rings is 1. The van der Waals surface area contributed by atoms with Crippen LogP contribution in [0.15, 0.2) is 78.9 Å². The quantitative estimate of drug-likeness (QED) is 0.510.